The molecule has 0 bridgehead atoms. The fourth-order valence-electron chi connectivity index (χ4n) is 1.91. The molecule has 5 nitrogen and oxygen atoms in total. The summed E-state index contributed by atoms with van der Waals surface area (Å²) in [5, 5.41) is 12.2. The third kappa shape index (κ3) is 1.83. The van der Waals surface area contributed by atoms with Gasteiger partial charge in [0.05, 0.1) is 12.2 Å². The van der Waals surface area contributed by atoms with E-state index in [1.54, 1.807) is 0 Å². The van der Waals surface area contributed by atoms with Crippen molar-refractivity contribution in [1.29, 1.82) is 5.26 Å². The fraction of sp³-hybridized carbons (Fsp3) is 0.333. The Labute approximate surface area is 100 Å². The number of fused-ring (bicyclic) bond motifs is 1. The molecule has 0 amide bonds. The first-order chi connectivity index (χ1) is 8.19. The zero-order valence-electron chi connectivity index (χ0n) is 10.2. The van der Waals surface area contributed by atoms with Gasteiger partial charge in [-0.15, -0.1) is 0 Å². The summed E-state index contributed by atoms with van der Waals surface area (Å²) >= 11 is 0. The van der Waals surface area contributed by atoms with Gasteiger partial charge < -0.3 is 10.2 Å². The maximum Gasteiger partial charge on any atom is 0.168 e. The first-order valence-corrected chi connectivity index (χ1v) is 5.41. The number of pyridine rings is 1. The fourth-order valence-corrected chi connectivity index (χ4v) is 1.91. The minimum absolute atomic E-state index is 0.472. The molecule has 0 aliphatic heterocycles. The molecule has 88 valence electrons. The minimum atomic E-state index is 0.472. The van der Waals surface area contributed by atoms with Gasteiger partial charge in [-0.1, -0.05) is 0 Å². The average Bonchev–Trinajstić information content (AvgIpc) is 2.68. The Bertz CT molecular complexity index is 576. The van der Waals surface area contributed by atoms with Crippen LogP contribution < -0.4 is 10.2 Å². The molecule has 0 saturated heterocycles. The molecule has 1 N–H and O–H groups in total. The molecule has 0 atom stereocenters. The van der Waals surface area contributed by atoms with Crippen molar-refractivity contribution in [2.24, 2.45) is 0 Å². The number of nitrogens with zero attached hydrogens (tertiary/aromatic N) is 4. The third-order valence-corrected chi connectivity index (χ3v) is 2.64. The molecule has 5 heteroatoms. The molecule has 0 radical (unpaired) electrons. The molecule has 2 heterocycles. The summed E-state index contributed by atoms with van der Waals surface area (Å²) in [6.45, 7) is 0.639. The van der Waals surface area contributed by atoms with Crippen molar-refractivity contribution in [3.05, 3.63) is 29.8 Å². The van der Waals surface area contributed by atoms with Gasteiger partial charge in [-0.2, -0.15) is 5.26 Å². The maximum absolute atomic E-state index is 9.16. The Kier molecular flexibility index (Phi) is 2.98. The molecule has 0 saturated carbocycles. The van der Waals surface area contributed by atoms with Crippen LogP contribution in [0, 0.1) is 11.3 Å². The van der Waals surface area contributed by atoms with Crippen LogP contribution in [-0.4, -0.2) is 30.5 Å². The second kappa shape index (κ2) is 4.44. The van der Waals surface area contributed by atoms with Crippen LogP contribution in [-0.2, 0) is 6.54 Å². The second-order valence-corrected chi connectivity index (χ2v) is 4.03. The standard InChI is InChI=1S/C12H15N5/c1-14-8-11-15-9(7-13)12-10(16(2)3)5-4-6-17(11)12/h4-6,14H,8H2,1-3H3. The summed E-state index contributed by atoms with van der Waals surface area (Å²) in [7, 11) is 5.78. The lowest BCUT2D eigenvalue weighted by Gasteiger charge is -2.14. The van der Waals surface area contributed by atoms with Crippen LogP contribution in [0.1, 0.15) is 11.5 Å². The van der Waals surface area contributed by atoms with E-state index in [0.29, 0.717) is 12.2 Å². The van der Waals surface area contributed by atoms with Gasteiger partial charge in [-0.05, 0) is 19.2 Å². The molecule has 2 aromatic heterocycles. The maximum atomic E-state index is 9.16. The van der Waals surface area contributed by atoms with Gasteiger partial charge in [0, 0.05) is 20.3 Å². The molecule has 0 aliphatic carbocycles. The minimum Gasteiger partial charge on any atom is -0.376 e. The van der Waals surface area contributed by atoms with E-state index in [1.165, 1.54) is 0 Å². The van der Waals surface area contributed by atoms with Gasteiger partial charge in [0.25, 0.3) is 0 Å². The smallest absolute Gasteiger partial charge is 0.168 e. The average molecular weight is 229 g/mol. The number of hydrogen-bond acceptors (Lipinski definition) is 4. The highest BCUT2D eigenvalue weighted by molar-refractivity contribution is 5.78. The summed E-state index contributed by atoms with van der Waals surface area (Å²) in [4.78, 5) is 6.34. The zero-order chi connectivity index (χ0) is 12.4. The number of anilines is 1. The number of nitrogens with one attached hydrogen (secondary N) is 1. The van der Waals surface area contributed by atoms with E-state index >= 15 is 0 Å². The van der Waals surface area contributed by atoms with E-state index < -0.39 is 0 Å². The van der Waals surface area contributed by atoms with Crippen molar-refractivity contribution in [2.75, 3.05) is 26.0 Å². The van der Waals surface area contributed by atoms with E-state index in [4.69, 9.17) is 5.26 Å². The first kappa shape index (κ1) is 11.4. The first-order valence-electron chi connectivity index (χ1n) is 5.41. The van der Waals surface area contributed by atoms with Crippen molar-refractivity contribution in [1.82, 2.24) is 14.7 Å². The predicted octanol–water partition coefficient (Wildman–Crippen LogP) is 0.991. The Balaban J connectivity index is 2.76. The SMILES string of the molecule is CNCc1nc(C#N)c2c(N(C)C)cccn12. The van der Waals surface area contributed by atoms with Crippen LogP contribution in [0.25, 0.3) is 5.52 Å². The van der Waals surface area contributed by atoms with E-state index in [1.807, 2.05) is 48.8 Å². The lowest BCUT2D eigenvalue weighted by atomic mass is 10.3. The van der Waals surface area contributed by atoms with Gasteiger partial charge in [-0.25, -0.2) is 4.98 Å². The highest BCUT2D eigenvalue weighted by Crippen LogP contribution is 2.23. The predicted molar refractivity (Wildman–Crippen MR) is 67.0 cm³/mol. The summed E-state index contributed by atoms with van der Waals surface area (Å²) in [6.07, 6.45) is 1.93. The van der Waals surface area contributed by atoms with Gasteiger partial charge in [0.15, 0.2) is 5.69 Å². The third-order valence-electron chi connectivity index (χ3n) is 2.64. The Morgan fingerprint density at radius 1 is 1.53 bits per heavy atom. The Morgan fingerprint density at radius 2 is 2.29 bits per heavy atom. The normalized spacial score (nSPS) is 10.5. The Hall–Kier alpha value is -2.06. The molecule has 0 spiro atoms. The van der Waals surface area contributed by atoms with Crippen LogP contribution in [0.3, 0.4) is 0 Å². The van der Waals surface area contributed by atoms with Crippen molar-refractivity contribution < 1.29 is 0 Å². The van der Waals surface area contributed by atoms with Gasteiger partial charge in [-0.3, -0.25) is 4.40 Å². The summed E-state index contributed by atoms with van der Waals surface area (Å²) in [6, 6.07) is 6.11. The zero-order valence-corrected chi connectivity index (χ0v) is 10.2. The highest BCUT2D eigenvalue weighted by Gasteiger charge is 2.14. The number of aromatic nitrogens is 2. The Morgan fingerprint density at radius 3 is 2.88 bits per heavy atom. The van der Waals surface area contributed by atoms with E-state index in [2.05, 4.69) is 16.4 Å². The molecule has 2 rings (SSSR count). The van der Waals surface area contributed by atoms with E-state index in [-0.39, 0.29) is 0 Å². The molecule has 0 aromatic carbocycles. The lowest BCUT2D eigenvalue weighted by Crippen LogP contribution is -2.11. The largest absolute Gasteiger partial charge is 0.376 e. The number of nitriles is 1. The van der Waals surface area contributed by atoms with Crippen LogP contribution >= 0.6 is 0 Å². The highest BCUT2D eigenvalue weighted by atomic mass is 15.1. The van der Waals surface area contributed by atoms with Crippen molar-refractivity contribution in [2.45, 2.75) is 6.54 Å². The molecule has 17 heavy (non-hydrogen) atoms. The molecule has 2 aromatic rings. The summed E-state index contributed by atoms with van der Waals surface area (Å²) < 4.78 is 1.96. The molecule has 0 unspecified atom stereocenters. The van der Waals surface area contributed by atoms with Gasteiger partial charge >= 0.3 is 0 Å². The van der Waals surface area contributed by atoms with Crippen molar-refractivity contribution in [3.8, 4) is 6.07 Å². The number of rotatable bonds is 3. The number of hydrogen-bond donors (Lipinski definition) is 1. The lowest BCUT2D eigenvalue weighted by molar-refractivity contribution is 0.754. The molecular weight excluding hydrogens is 214 g/mol. The van der Waals surface area contributed by atoms with Crippen molar-refractivity contribution >= 4 is 11.2 Å². The summed E-state index contributed by atoms with van der Waals surface area (Å²) in [5.41, 5.74) is 2.34. The quantitative estimate of drug-likeness (QED) is 0.852. The van der Waals surface area contributed by atoms with Crippen LogP contribution in [0.2, 0.25) is 0 Å². The van der Waals surface area contributed by atoms with E-state index in [0.717, 1.165) is 17.0 Å². The van der Waals surface area contributed by atoms with Gasteiger partial charge in [0.1, 0.15) is 17.4 Å². The second-order valence-electron chi connectivity index (χ2n) is 4.03. The van der Waals surface area contributed by atoms with E-state index in [9.17, 15) is 0 Å². The van der Waals surface area contributed by atoms with Crippen LogP contribution in [0.5, 0.6) is 0 Å². The van der Waals surface area contributed by atoms with Crippen molar-refractivity contribution in [3.63, 3.8) is 0 Å². The van der Waals surface area contributed by atoms with Crippen LogP contribution in [0.15, 0.2) is 18.3 Å². The molecule has 0 fully saturated rings. The summed E-state index contributed by atoms with van der Waals surface area (Å²) in [5.74, 6) is 0.850. The topological polar surface area (TPSA) is 56.4 Å². The monoisotopic (exact) mass is 229 g/mol. The van der Waals surface area contributed by atoms with Gasteiger partial charge in [0.2, 0.25) is 0 Å². The van der Waals surface area contributed by atoms with Crippen LogP contribution in [0.4, 0.5) is 5.69 Å². The number of imidazole rings is 1. The molecular formula is C12H15N5. The molecule has 0 aliphatic rings.